The Kier molecular flexibility index (Phi) is 3.74. The summed E-state index contributed by atoms with van der Waals surface area (Å²) >= 11 is 0. The van der Waals surface area contributed by atoms with Crippen molar-refractivity contribution in [2.24, 2.45) is 0 Å². The number of rotatable bonds is 2. The largest absolute Gasteiger partial charge is 0.396 e. The lowest BCUT2D eigenvalue weighted by atomic mass is 10.1. The number of hydrogen-bond donors (Lipinski definition) is 2. The van der Waals surface area contributed by atoms with Crippen molar-refractivity contribution in [2.75, 3.05) is 5.73 Å². The van der Waals surface area contributed by atoms with Gasteiger partial charge in [0.1, 0.15) is 0 Å². The van der Waals surface area contributed by atoms with Crippen LogP contribution in [0.3, 0.4) is 0 Å². The Morgan fingerprint density at radius 2 is 1.88 bits per heavy atom. The number of benzene rings is 1. The number of Topliss-reactive ketones (excluding diaryl/α,β-unsaturated/α-hetero) is 1. The van der Waals surface area contributed by atoms with Gasteiger partial charge in [-0.05, 0) is 6.92 Å². The first-order valence-corrected chi connectivity index (χ1v) is 4.73. The zero-order valence-electron chi connectivity index (χ0n) is 8.86. The van der Waals surface area contributed by atoms with E-state index < -0.39 is 0 Å². The van der Waals surface area contributed by atoms with Gasteiger partial charge in [-0.2, -0.15) is 0 Å². The van der Waals surface area contributed by atoms with Gasteiger partial charge in [-0.1, -0.05) is 30.3 Å². The van der Waals surface area contributed by atoms with Gasteiger partial charge in [-0.3, -0.25) is 4.79 Å². The second-order valence-electron chi connectivity index (χ2n) is 3.41. The molecular formula is C12H13ClN2O. The molecule has 1 aromatic heterocycles. The number of hydrogen-bond acceptors (Lipinski definition) is 2. The number of nitrogens with two attached hydrogens (primary N) is 1. The number of carbonyl (C=O) groups is 1. The first kappa shape index (κ1) is 12.3. The zero-order chi connectivity index (χ0) is 10.8. The zero-order valence-corrected chi connectivity index (χ0v) is 9.67. The van der Waals surface area contributed by atoms with Gasteiger partial charge in [-0.15, -0.1) is 12.4 Å². The second kappa shape index (κ2) is 4.86. The Morgan fingerprint density at radius 3 is 2.38 bits per heavy atom. The molecule has 1 heterocycles. The highest BCUT2D eigenvalue weighted by Crippen LogP contribution is 2.27. The predicted octanol–water partition coefficient (Wildman–Crippen LogP) is 2.89. The number of aromatic nitrogens is 1. The minimum atomic E-state index is -0.0223. The van der Waals surface area contributed by atoms with Crippen LogP contribution in [0.4, 0.5) is 5.69 Å². The Balaban J connectivity index is 0.00000128. The van der Waals surface area contributed by atoms with E-state index in [4.69, 9.17) is 5.73 Å². The van der Waals surface area contributed by atoms with Crippen LogP contribution in [0.15, 0.2) is 36.5 Å². The minimum absolute atomic E-state index is 0. The molecule has 0 radical (unpaired) electrons. The molecule has 0 fully saturated rings. The molecule has 0 bridgehead atoms. The number of nitrogen functional groups attached to an aromatic ring is 1. The SMILES string of the molecule is CC(=O)c1c[nH]c(-c2ccccc2)c1N.Cl. The van der Waals surface area contributed by atoms with Crippen molar-refractivity contribution in [3.63, 3.8) is 0 Å². The van der Waals surface area contributed by atoms with E-state index in [1.54, 1.807) is 6.20 Å². The monoisotopic (exact) mass is 236 g/mol. The third-order valence-electron chi connectivity index (χ3n) is 2.36. The highest BCUT2D eigenvalue weighted by molar-refractivity contribution is 6.02. The number of anilines is 1. The molecule has 0 saturated carbocycles. The summed E-state index contributed by atoms with van der Waals surface area (Å²) in [4.78, 5) is 14.2. The molecule has 16 heavy (non-hydrogen) atoms. The molecule has 0 atom stereocenters. The molecule has 3 N–H and O–H groups in total. The van der Waals surface area contributed by atoms with Crippen LogP contribution in [0.5, 0.6) is 0 Å². The van der Waals surface area contributed by atoms with E-state index in [0.717, 1.165) is 11.3 Å². The van der Waals surface area contributed by atoms with Crippen LogP contribution in [0, 0.1) is 0 Å². The Bertz CT molecular complexity index is 491. The quantitative estimate of drug-likeness (QED) is 0.788. The molecule has 2 rings (SSSR count). The first-order chi connectivity index (χ1) is 7.20. The standard InChI is InChI=1S/C12H12N2O.ClH/c1-8(15)10-7-14-12(11(10)13)9-5-3-2-4-6-9;/h2-7,14H,13H2,1H3;1H. The molecule has 0 aliphatic rings. The molecule has 0 unspecified atom stereocenters. The van der Waals surface area contributed by atoms with E-state index in [1.165, 1.54) is 6.92 Å². The van der Waals surface area contributed by atoms with Gasteiger partial charge in [0.05, 0.1) is 16.9 Å². The summed E-state index contributed by atoms with van der Waals surface area (Å²) in [5, 5.41) is 0. The lowest BCUT2D eigenvalue weighted by Crippen LogP contribution is -1.96. The number of halogens is 1. The van der Waals surface area contributed by atoms with E-state index in [-0.39, 0.29) is 18.2 Å². The molecule has 84 valence electrons. The fraction of sp³-hybridized carbons (Fsp3) is 0.0833. The fourth-order valence-corrected chi connectivity index (χ4v) is 1.57. The fourth-order valence-electron chi connectivity index (χ4n) is 1.57. The lowest BCUT2D eigenvalue weighted by molar-refractivity contribution is 0.101. The number of H-pyrrole nitrogens is 1. The maximum Gasteiger partial charge on any atom is 0.163 e. The smallest absolute Gasteiger partial charge is 0.163 e. The summed E-state index contributed by atoms with van der Waals surface area (Å²) in [5.74, 6) is -0.0223. The van der Waals surface area contributed by atoms with E-state index in [9.17, 15) is 4.79 Å². The third kappa shape index (κ3) is 2.09. The normalized spacial score (nSPS) is 9.56. The van der Waals surface area contributed by atoms with E-state index in [1.807, 2.05) is 30.3 Å². The number of carbonyl (C=O) groups excluding carboxylic acids is 1. The van der Waals surface area contributed by atoms with Crippen LogP contribution in [0.1, 0.15) is 17.3 Å². The minimum Gasteiger partial charge on any atom is -0.396 e. The van der Waals surface area contributed by atoms with Gasteiger partial charge in [0.25, 0.3) is 0 Å². The Morgan fingerprint density at radius 1 is 1.25 bits per heavy atom. The molecule has 0 aliphatic heterocycles. The van der Waals surface area contributed by atoms with Gasteiger partial charge in [0.2, 0.25) is 0 Å². The summed E-state index contributed by atoms with van der Waals surface area (Å²) in [6, 6.07) is 9.71. The van der Waals surface area contributed by atoms with Crippen molar-refractivity contribution in [2.45, 2.75) is 6.92 Å². The van der Waals surface area contributed by atoms with Gasteiger partial charge < -0.3 is 10.7 Å². The molecular weight excluding hydrogens is 224 g/mol. The molecule has 0 saturated heterocycles. The lowest BCUT2D eigenvalue weighted by Gasteiger charge is -2.00. The Labute approximate surface area is 100 Å². The molecule has 2 aromatic rings. The van der Waals surface area contributed by atoms with Gasteiger partial charge in [0, 0.05) is 11.8 Å². The average Bonchev–Trinajstić information content (AvgIpc) is 2.61. The van der Waals surface area contributed by atoms with Crippen LogP contribution >= 0.6 is 12.4 Å². The number of nitrogens with one attached hydrogen (secondary N) is 1. The molecule has 0 amide bonds. The van der Waals surface area contributed by atoms with Crippen LogP contribution in [-0.2, 0) is 0 Å². The van der Waals surface area contributed by atoms with Crippen molar-refractivity contribution >= 4 is 23.9 Å². The van der Waals surface area contributed by atoms with Crippen LogP contribution in [0.25, 0.3) is 11.3 Å². The molecule has 0 spiro atoms. The van der Waals surface area contributed by atoms with E-state index >= 15 is 0 Å². The average molecular weight is 237 g/mol. The third-order valence-corrected chi connectivity index (χ3v) is 2.36. The number of ketones is 1. The van der Waals surface area contributed by atoms with E-state index in [2.05, 4.69) is 4.98 Å². The first-order valence-electron chi connectivity index (χ1n) is 4.73. The van der Waals surface area contributed by atoms with Crippen LogP contribution in [-0.4, -0.2) is 10.8 Å². The highest BCUT2D eigenvalue weighted by Gasteiger charge is 2.12. The second-order valence-corrected chi connectivity index (χ2v) is 3.41. The molecule has 1 aromatic carbocycles. The molecule has 3 nitrogen and oxygen atoms in total. The van der Waals surface area contributed by atoms with Crippen LogP contribution in [0.2, 0.25) is 0 Å². The van der Waals surface area contributed by atoms with Crippen molar-refractivity contribution < 1.29 is 4.79 Å². The van der Waals surface area contributed by atoms with Crippen molar-refractivity contribution in [1.82, 2.24) is 4.98 Å². The Hall–Kier alpha value is -1.74. The summed E-state index contributed by atoms with van der Waals surface area (Å²) < 4.78 is 0. The van der Waals surface area contributed by atoms with Gasteiger partial charge in [-0.25, -0.2) is 0 Å². The topological polar surface area (TPSA) is 58.9 Å². The summed E-state index contributed by atoms with van der Waals surface area (Å²) in [6.45, 7) is 1.51. The van der Waals surface area contributed by atoms with Gasteiger partial charge in [0.15, 0.2) is 5.78 Å². The maximum absolute atomic E-state index is 11.2. The summed E-state index contributed by atoms with van der Waals surface area (Å²) in [6.07, 6.45) is 1.65. The van der Waals surface area contributed by atoms with Gasteiger partial charge >= 0.3 is 0 Å². The van der Waals surface area contributed by atoms with E-state index in [0.29, 0.717) is 11.3 Å². The summed E-state index contributed by atoms with van der Waals surface area (Å²) in [7, 11) is 0. The van der Waals surface area contributed by atoms with Crippen LogP contribution < -0.4 is 5.73 Å². The maximum atomic E-state index is 11.2. The molecule has 4 heteroatoms. The summed E-state index contributed by atoms with van der Waals surface area (Å²) in [5.41, 5.74) is 8.75. The molecule has 0 aliphatic carbocycles. The van der Waals surface area contributed by atoms with Crippen molar-refractivity contribution in [1.29, 1.82) is 0 Å². The predicted molar refractivity (Wildman–Crippen MR) is 67.9 cm³/mol. The van der Waals surface area contributed by atoms with Crippen molar-refractivity contribution in [3.8, 4) is 11.3 Å². The number of aromatic amines is 1. The van der Waals surface area contributed by atoms with Crippen molar-refractivity contribution in [3.05, 3.63) is 42.1 Å². The highest BCUT2D eigenvalue weighted by atomic mass is 35.5.